The zero-order valence-electron chi connectivity index (χ0n) is 15.4. The summed E-state index contributed by atoms with van der Waals surface area (Å²) in [4.78, 5) is 18.8. The average Bonchev–Trinajstić information content (AvgIpc) is 2.68. The van der Waals surface area contributed by atoms with E-state index in [1.165, 1.54) is 19.3 Å². The minimum atomic E-state index is -0.801. The Labute approximate surface area is 151 Å². The molecule has 0 aliphatic carbocycles. The SMILES string of the molecule is CN(CCN1CCCCC1)C(=O)N1CCC(O)(c2ccccc2)CC1. The third-order valence-corrected chi connectivity index (χ3v) is 5.70. The number of piperidine rings is 2. The second-order valence-electron chi connectivity index (χ2n) is 7.49. The van der Waals surface area contributed by atoms with E-state index in [1.807, 2.05) is 47.2 Å². The zero-order chi connectivity index (χ0) is 17.7. The van der Waals surface area contributed by atoms with Crippen LogP contribution in [0.5, 0.6) is 0 Å². The highest BCUT2D eigenvalue weighted by molar-refractivity contribution is 5.74. The van der Waals surface area contributed by atoms with Crippen molar-refractivity contribution in [1.82, 2.24) is 14.7 Å². The Morgan fingerprint density at radius 1 is 1.08 bits per heavy atom. The lowest BCUT2D eigenvalue weighted by molar-refractivity contribution is -0.0194. The van der Waals surface area contributed by atoms with Crippen LogP contribution in [0.15, 0.2) is 30.3 Å². The maximum atomic E-state index is 12.7. The van der Waals surface area contributed by atoms with Gasteiger partial charge in [-0.05, 0) is 44.3 Å². The summed E-state index contributed by atoms with van der Waals surface area (Å²) in [5.41, 5.74) is 0.158. The molecule has 0 saturated carbocycles. The lowest BCUT2D eigenvalue weighted by Crippen LogP contribution is -2.50. The van der Waals surface area contributed by atoms with E-state index in [0.717, 1.165) is 31.7 Å². The first-order valence-electron chi connectivity index (χ1n) is 9.59. The predicted molar refractivity (Wildman–Crippen MR) is 99.5 cm³/mol. The second-order valence-corrected chi connectivity index (χ2v) is 7.49. The highest BCUT2D eigenvalue weighted by Gasteiger charge is 2.35. The molecule has 2 amide bonds. The topological polar surface area (TPSA) is 47.0 Å². The van der Waals surface area contributed by atoms with Crippen molar-refractivity contribution < 1.29 is 9.90 Å². The van der Waals surface area contributed by atoms with Crippen LogP contribution < -0.4 is 0 Å². The van der Waals surface area contributed by atoms with Gasteiger partial charge in [0.15, 0.2) is 0 Å². The quantitative estimate of drug-likeness (QED) is 0.912. The van der Waals surface area contributed by atoms with E-state index in [1.54, 1.807) is 0 Å². The van der Waals surface area contributed by atoms with Crippen molar-refractivity contribution in [2.45, 2.75) is 37.7 Å². The van der Waals surface area contributed by atoms with Gasteiger partial charge >= 0.3 is 6.03 Å². The minimum Gasteiger partial charge on any atom is -0.385 e. The monoisotopic (exact) mass is 345 g/mol. The number of rotatable bonds is 4. The summed E-state index contributed by atoms with van der Waals surface area (Å²) >= 11 is 0. The van der Waals surface area contributed by atoms with Gasteiger partial charge < -0.3 is 19.8 Å². The Hall–Kier alpha value is -1.59. The minimum absolute atomic E-state index is 0.0899. The van der Waals surface area contributed by atoms with E-state index in [2.05, 4.69) is 4.90 Å². The molecule has 5 nitrogen and oxygen atoms in total. The molecular weight excluding hydrogens is 314 g/mol. The van der Waals surface area contributed by atoms with E-state index < -0.39 is 5.60 Å². The number of carbonyl (C=O) groups excluding carboxylic acids is 1. The number of nitrogens with zero attached hydrogens (tertiary/aromatic N) is 3. The van der Waals surface area contributed by atoms with Gasteiger partial charge in [-0.15, -0.1) is 0 Å². The van der Waals surface area contributed by atoms with Crippen molar-refractivity contribution in [3.63, 3.8) is 0 Å². The van der Waals surface area contributed by atoms with Gasteiger partial charge in [-0.1, -0.05) is 36.8 Å². The van der Waals surface area contributed by atoms with E-state index >= 15 is 0 Å². The molecule has 0 radical (unpaired) electrons. The molecule has 2 heterocycles. The van der Waals surface area contributed by atoms with Crippen LogP contribution in [0.3, 0.4) is 0 Å². The standard InChI is InChI=1S/C20H31N3O2/c1-21(16-17-22-12-6-3-7-13-22)19(24)23-14-10-20(25,11-15-23)18-8-4-2-5-9-18/h2,4-5,8-9,25H,3,6-7,10-17H2,1H3. The predicted octanol–water partition coefficient (Wildman–Crippen LogP) is 2.51. The smallest absolute Gasteiger partial charge is 0.319 e. The van der Waals surface area contributed by atoms with Crippen molar-refractivity contribution in [3.05, 3.63) is 35.9 Å². The third-order valence-electron chi connectivity index (χ3n) is 5.70. The van der Waals surface area contributed by atoms with Crippen LogP contribution in [0.4, 0.5) is 4.79 Å². The number of likely N-dealkylation sites (N-methyl/N-ethyl adjacent to an activating group) is 1. The zero-order valence-corrected chi connectivity index (χ0v) is 15.4. The second kappa shape index (κ2) is 8.19. The van der Waals surface area contributed by atoms with Crippen LogP contribution in [-0.4, -0.2) is 72.2 Å². The number of aliphatic hydroxyl groups is 1. The van der Waals surface area contributed by atoms with Gasteiger partial charge in [-0.2, -0.15) is 0 Å². The van der Waals surface area contributed by atoms with Gasteiger partial charge in [0, 0.05) is 33.2 Å². The normalized spacial score (nSPS) is 21.1. The Balaban J connectivity index is 1.47. The van der Waals surface area contributed by atoms with Crippen LogP contribution in [-0.2, 0) is 5.60 Å². The number of carbonyl (C=O) groups is 1. The maximum absolute atomic E-state index is 12.7. The summed E-state index contributed by atoms with van der Waals surface area (Å²) in [5.74, 6) is 0. The summed E-state index contributed by atoms with van der Waals surface area (Å²) in [6, 6.07) is 9.92. The molecule has 2 aliphatic heterocycles. The van der Waals surface area contributed by atoms with Crippen LogP contribution in [0.25, 0.3) is 0 Å². The summed E-state index contributed by atoms with van der Waals surface area (Å²) < 4.78 is 0. The number of likely N-dealkylation sites (tertiary alicyclic amines) is 2. The summed E-state index contributed by atoms with van der Waals surface area (Å²) in [6.07, 6.45) is 5.10. The number of hydrogen-bond donors (Lipinski definition) is 1. The van der Waals surface area contributed by atoms with Gasteiger partial charge in [-0.25, -0.2) is 4.79 Å². The van der Waals surface area contributed by atoms with E-state index in [0.29, 0.717) is 25.9 Å². The molecular formula is C20H31N3O2. The van der Waals surface area contributed by atoms with Gasteiger partial charge in [-0.3, -0.25) is 0 Å². The Bertz CT molecular complexity index is 549. The summed E-state index contributed by atoms with van der Waals surface area (Å²) in [6.45, 7) is 5.28. The Kier molecular flexibility index (Phi) is 5.97. The molecule has 0 unspecified atom stereocenters. The van der Waals surface area contributed by atoms with Crippen molar-refractivity contribution in [3.8, 4) is 0 Å². The largest absolute Gasteiger partial charge is 0.385 e. The van der Waals surface area contributed by atoms with Crippen molar-refractivity contribution in [1.29, 1.82) is 0 Å². The van der Waals surface area contributed by atoms with Crippen molar-refractivity contribution >= 4 is 6.03 Å². The number of benzene rings is 1. The van der Waals surface area contributed by atoms with Gasteiger partial charge in [0.1, 0.15) is 0 Å². The first-order valence-corrected chi connectivity index (χ1v) is 9.59. The fraction of sp³-hybridized carbons (Fsp3) is 0.650. The number of amides is 2. The van der Waals surface area contributed by atoms with Gasteiger partial charge in [0.05, 0.1) is 5.60 Å². The molecule has 5 heteroatoms. The van der Waals surface area contributed by atoms with Gasteiger partial charge in [0.2, 0.25) is 0 Å². The molecule has 0 spiro atoms. The number of urea groups is 1. The van der Waals surface area contributed by atoms with Gasteiger partial charge in [0.25, 0.3) is 0 Å². The molecule has 1 N–H and O–H groups in total. The lowest BCUT2D eigenvalue weighted by atomic mass is 9.84. The average molecular weight is 345 g/mol. The molecule has 3 rings (SSSR count). The van der Waals surface area contributed by atoms with E-state index in [-0.39, 0.29) is 6.03 Å². The first kappa shape index (κ1) is 18.2. The molecule has 0 aromatic heterocycles. The van der Waals surface area contributed by atoms with Crippen molar-refractivity contribution in [2.75, 3.05) is 46.3 Å². The van der Waals surface area contributed by atoms with E-state index in [4.69, 9.17) is 0 Å². The van der Waals surface area contributed by atoms with Crippen LogP contribution >= 0.6 is 0 Å². The molecule has 138 valence electrons. The molecule has 0 bridgehead atoms. The highest BCUT2D eigenvalue weighted by Crippen LogP contribution is 2.32. The van der Waals surface area contributed by atoms with Crippen molar-refractivity contribution in [2.24, 2.45) is 0 Å². The molecule has 2 aliphatic rings. The Morgan fingerprint density at radius 3 is 2.36 bits per heavy atom. The third kappa shape index (κ3) is 4.53. The van der Waals surface area contributed by atoms with Crippen LogP contribution in [0.1, 0.15) is 37.7 Å². The van der Waals surface area contributed by atoms with Crippen LogP contribution in [0.2, 0.25) is 0 Å². The molecule has 2 saturated heterocycles. The number of hydrogen-bond acceptors (Lipinski definition) is 3. The fourth-order valence-electron chi connectivity index (χ4n) is 3.92. The fourth-order valence-corrected chi connectivity index (χ4v) is 3.92. The summed E-state index contributed by atoms with van der Waals surface area (Å²) in [7, 11) is 1.89. The lowest BCUT2D eigenvalue weighted by Gasteiger charge is -2.40. The molecule has 1 aromatic carbocycles. The highest BCUT2D eigenvalue weighted by atomic mass is 16.3. The maximum Gasteiger partial charge on any atom is 0.319 e. The molecule has 25 heavy (non-hydrogen) atoms. The van der Waals surface area contributed by atoms with E-state index in [9.17, 15) is 9.90 Å². The first-order chi connectivity index (χ1) is 12.1. The molecule has 2 fully saturated rings. The summed E-state index contributed by atoms with van der Waals surface area (Å²) in [5, 5.41) is 10.9. The Morgan fingerprint density at radius 2 is 1.72 bits per heavy atom. The molecule has 0 atom stereocenters. The van der Waals surface area contributed by atoms with Crippen LogP contribution in [0, 0.1) is 0 Å². The molecule has 1 aromatic rings.